The van der Waals surface area contributed by atoms with Gasteiger partial charge in [0.05, 0.1) is 7.11 Å². The summed E-state index contributed by atoms with van der Waals surface area (Å²) in [6.07, 6.45) is 1.02. The Kier molecular flexibility index (Phi) is 8.95. The molecule has 0 aliphatic rings. The van der Waals surface area contributed by atoms with E-state index < -0.39 is 0 Å². The van der Waals surface area contributed by atoms with Crippen LogP contribution in [0.5, 0.6) is 11.5 Å². The van der Waals surface area contributed by atoms with E-state index in [4.69, 9.17) is 14.2 Å². The third-order valence-corrected chi connectivity index (χ3v) is 6.60. The van der Waals surface area contributed by atoms with Crippen LogP contribution in [-0.2, 0) is 11.3 Å². The van der Waals surface area contributed by atoms with Crippen LogP contribution >= 0.6 is 8.58 Å². The Hall–Kier alpha value is -1.61. The molecule has 5 heteroatoms. The average Bonchev–Trinajstić information content (AvgIpc) is 2.69. The molecule has 0 radical (unpaired) electrons. The van der Waals surface area contributed by atoms with Gasteiger partial charge in [0.15, 0.2) is 6.79 Å². The van der Waals surface area contributed by atoms with Crippen LogP contribution in [0.4, 0.5) is 0 Å². The molecule has 2 rings (SSSR count). The SMILES string of the molecule is CCC(Pc1ccc(C)cc1CNC(C)(C)C)c1cc(OC)ccc1OCOC. The highest BCUT2D eigenvalue weighted by Gasteiger charge is 2.19. The van der Waals surface area contributed by atoms with Gasteiger partial charge in [0.1, 0.15) is 11.5 Å². The summed E-state index contributed by atoms with van der Waals surface area (Å²) in [5, 5.41) is 5.04. The minimum atomic E-state index is 0.0856. The van der Waals surface area contributed by atoms with Gasteiger partial charge in [-0.2, -0.15) is 0 Å². The van der Waals surface area contributed by atoms with Crippen LogP contribution in [0.25, 0.3) is 0 Å². The lowest BCUT2D eigenvalue weighted by molar-refractivity contribution is 0.0503. The average molecular weight is 418 g/mol. The molecule has 0 saturated carbocycles. The van der Waals surface area contributed by atoms with Crippen molar-refractivity contribution < 1.29 is 14.2 Å². The van der Waals surface area contributed by atoms with E-state index in [-0.39, 0.29) is 12.3 Å². The summed E-state index contributed by atoms with van der Waals surface area (Å²) in [6.45, 7) is 12.1. The summed E-state index contributed by atoms with van der Waals surface area (Å²) in [5.41, 5.74) is 4.29. The van der Waals surface area contributed by atoms with E-state index in [0.29, 0.717) is 14.2 Å². The van der Waals surface area contributed by atoms with Crippen molar-refractivity contribution in [2.45, 2.75) is 58.8 Å². The summed E-state index contributed by atoms with van der Waals surface area (Å²) in [4.78, 5) is 0. The Morgan fingerprint density at radius 2 is 1.83 bits per heavy atom. The molecule has 0 spiro atoms. The summed E-state index contributed by atoms with van der Waals surface area (Å²) in [7, 11) is 3.99. The zero-order chi connectivity index (χ0) is 21.4. The third kappa shape index (κ3) is 7.29. The first-order valence-electron chi connectivity index (χ1n) is 10.2. The smallest absolute Gasteiger partial charge is 0.188 e. The van der Waals surface area contributed by atoms with Crippen molar-refractivity contribution in [2.24, 2.45) is 0 Å². The molecule has 0 bridgehead atoms. The normalized spacial score (nSPS) is 13.1. The second-order valence-electron chi connectivity index (χ2n) is 8.32. The molecule has 0 aliphatic carbocycles. The summed E-state index contributed by atoms with van der Waals surface area (Å²) >= 11 is 0. The van der Waals surface area contributed by atoms with E-state index >= 15 is 0 Å². The predicted molar refractivity (Wildman–Crippen MR) is 124 cm³/mol. The topological polar surface area (TPSA) is 39.7 Å². The van der Waals surface area contributed by atoms with Crippen LogP contribution in [0, 0.1) is 6.92 Å². The van der Waals surface area contributed by atoms with Gasteiger partial charge in [-0.15, -0.1) is 0 Å². The van der Waals surface area contributed by atoms with Gasteiger partial charge >= 0.3 is 0 Å². The molecular formula is C24H36NO3P. The molecule has 2 aromatic rings. The Morgan fingerprint density at radius 3 is 2.45 bits per heavy atom. The monoisotopic (exact) mass is 417 g/mol. The van der Waals surface area contributed by atoms with Gasteiger partial charge in [-0.25, -0.2) is 0 Å². The molecule has 29 heavy (non-hydrogen) atoms. The van der Waals surface area contributed by atoms with Gasteiger partial charge in [0, 0.05) is 30.4 Å². The van der Waals surface area contributed by atoms with Gasteiger partial charge < -0.3 is 19.5 Å². The summed E-state index contributed by atoms with van der Waals surface area (Å²) < 4.78 is 16.5. The van der Waals surface area contributed by atoms with E-state index in [1.54, 1.807) is 14.2 Å². The number of methoxy groups -OCH3 is 2. The largest absolute Gasteiger partial charge is 0.497 e. The lowest BCUT2D eigenvalue weighted by atomic mass is 10.1. The molecule has 1 N–H and O–H groups in total. The molecule has 160 valence electrons. The second kappa shape index (κ2) is 11.0. The standard InChI is InChI=1S/C24H36NO3P/c1-8-22(20-14-19(27-7)10-11-21(20)28-16-26-6)29-23-12-9-17(2)13-18(23)15-25-24(3,4)5/h9-14,22,25,29H,8,15-16H2,1-7H3. The first-order chi connectivity index (χ1) is 13.8. The second-order valence-corrected chi connectivity index (χ2v) is 9.85. The first kappa shape index (κ1) is 23.7. The number of hydrogen-bond acceptors (Lipinski definition) is 4. The molecule has 0 aromatic heterocycles. The van der Waals surface area contributed by atoms with Gasteiger partial charge in [-0.3, -0.25) is 0 Å². The van der Waals surface area contributed by atoms with Crippen molar-refractivity contribution in [2.75, 3.05) is 21.0 Å². The molecule has 2 atom stereocenters. The van der Waals surface area contributed by atoms with Crippen molar-refractivity contribution in [1.29, 1.82) is 0 Å². The van der Waals surface area contributed by atoms with Crippen LogP contribution in [0.2, 0.25) is 0 Å². The molecule has 0 saturated heterocycles. The summed E-state index contributed by atoms with van der Waals surface area (Å²) in [6, 6.07) is 12.8. The zero-order valence-corrected chi connectivity index (χ0v) is 19.9. The Labute approximate surface area is 178 Å². The maximum absolute atomic E-state index is 5.86. The highest BCUT2D eigenvalue weighted by atomic mass is 31.1. The lowest BCUT2D eigenvalue weighted by Gasteiger charge is -2.24. The van der Waals surface area contributed by atoms with Crippen molar-refractivity contribution in [3.05, 3.63) is 53.1 Å². The number of rotatable bonds is 10. The molecule has 0 fully saturated rings. The lowest BCUT2D eigenvalue weighted by Crippen LogP contribution is -2.36. The quantitative estimate of drug-likeness (QED) is 0.419. The van der Waals surface area contributed by atoms with E-state index in [0.717, 1.165) is 24.5 Å². The fourth-order valence-corrected chi connectivity index (χ4v) is 4.62. The number of benzene rings is 2. The fraction of sp³-hybridized carbons (Fsp3) is 0.500. The van der Waals surface area contributed by atoms with Crippen LogP contribution in [-0.4, -0.2) is 26.6 Å². The highest BCUT2D eigenvalue weighted by Crippen LogP contribution is 2.43. The molecule has 0 amide bonds. The van der Waals surface area contributed by atoms with Crippen LogP contribution in [0.15, 0.2) is 36.4 Å². The van der Waals surface area contributed by atoms with Gasteiger partial charge in [0.25, 0.3) is 0 Å². The summed E-state index contributed by atoms with van der Waals surface area (Å²) in [5.74, 6) is 1.72. The fourth-order valence-electron chi connectivity index (χ4n) is 3.14. The highest BCUT2D eigenvalue weighted by molar-refractivity contribution is 7.47. The van der Waals surface area contributed by atoms with Crippen molar-refractivity contribution in [3.63, 3.8) is 0 Å². The van der Waals surface area contributed by atoms with Crippen molar-refractivity contribution in [3.8, 4) is 11.5 Å². The van der Waals surface area contributed by atoms with E-state index in [9.17, 15) is 0 Å². The van der Waals surface area contributed by atoms with Crippen LogP contribution in [0.3, 0.4) is 0 Å². The molecule has 4 nitrogen and oxygen atoms in total. The van der Waals surface area contributed by atoms with Crippen LogP contribution < -0.4 is 20.1 Å². The van der Waals surface area contributed by atoms with Gasteiger partial charge in [0.2, 0.25) is 0 Å². The Balaban J connectivity index is 2.34. The minimum Gasteiger partial charge on any atom is -0.497 e. The first-order valence-corrected chi connectivity index (χ1v) is 11.3. The third-order valence-electron chi connectivity index (χ3n) is 4.73. The molecule has 0 aliphatic heterocycles. The molecular weight excluding hydrogens is 381 g/mol. The maximum atomic E-state index is 5.86. The Morgan fingerprint density at radius 1 is 1.07 bits per heavy atom. The minimum absolute atomic E-state index is 0.0856. The van der Waals surface area contributed by atoms with E-state index in [1.807, 2.05) is 12.1 Å². The molecule has 2 unspecified atom stereocenters. The van der Waals surface area contributed by atoms with Crippen molar-refractivity contribution in [1.82, 2.24) is 5.32 Å². The van der Waals surface area contributed by atoms with Gasteiger partial charge in [-0.05, 0) is 63.2 Å². The molecule has 0 heterocycles. The number of ether oxygens (including phenoxy) is 3. The number of hydrogen-bond donors (Lipinski definition) is 1. The van der Waals surface area contributed by atoms with E-state index in [1.165, 1.54) is 22.0 Å². The number of nitrogens with one attached hydrogen (secondary N) is 1. The predicted octanol–water partition coefficient (Wildman–Crippen LogP) is 5.33. The maximum Gasteiger partial charge on any atom is 0.188 e. The Bertz CT molecular complexity index is 786. The molecule has 2 aromatic carbocycles. The van der Waals surface area contributed by atoms with Crippen molar-refractivity contribution >= 4 is 13.9 Å². The van der Waals surface area contributed by atoms with E-state index in [2.05, 4.69) is 64.2 Å². The zero-order valence-electron chi connectivity index (χ0n) is 18.9. The van der Waals surface area contributed by atoms with Gasteiger partial charge in [-0.1, -0.05) is 39.3 Å². The van der Waals surface area contributed by atoms with Crippen LogP contribution in [0.1, 0.15) is 56.5 Å². The number of aryl methyl sites for hydroxylation is 1.